The summed E-state index contributed by atoms with van der Waals surface area (Å²) < 4.78 is 11.8. The van der Waals surface area contributed by atoms with E-state index in [1.54, 1.807) is 32.4 Å². The van der Waals surface area contributed by atoms with Gasteiger partial charge in [0, 0.05) is 18.7 Å². The molecule has 6 heteroatoms. The van der Waals surface area contributed by atoms with Crippen LogP contribution in [0, 0.1) is 0 Å². The lowest BCUT2D eigenvalue weighted by Gasteiger charge is -2.09. The van der Waals surface area contributed by atoms with Crippen LogP contribution in [0.15, 0.2) is 24.5 Å². The van der Waals surface area contributed by atoms with Gasteiger partial charge in [-0.25, -0.2) is 9.78 Å². The highest BCUT2D eigenvalue weighted by molar-refractivity contribution is 5.94. The third-order valence-electron chi connectivity index (χ3n) is 2.80. The standard InChI is InChI=1S/C13H14N2O4/c1-15-7-14-11(12(15)13(16)17)9-5-4-8(18-2)6-10(9)19-3/h4-7H,1-3H3,(H,16,17). The smallest absolute Gasteiger partial charge is 0.354 e. The van der Waals surface area contributed by atoms with Crippen molar-refractivity contribution in [1.82, 2.24) is 9.55 Å². The molecule has 0 fully saturated rings. The summed E-state index contributed by atoms with van der Waals surface area (Å²) in [5, 5.41) is 9.23. The monoisotopic (exact) mass is 262 g/mol. The lowest BCUT2D eigenvalue weighted by molar-refractivity contribution is 0.0687. The number of hydrogen-bond donors (Lipinski definition) is 1. The van der Waals surface area contributed by atoms with Gasteiger partial charge in [-0.2, -0.15) is 0 Å². The Kier molecular flexibility index (Phi) is 3.41. The van der Waals surface area contributed by atoms with Crippen molar-refractivity contribution in [3.63, 3.8) is 0 Å². The Morgan fingerprint density at radius 1 is 1.32 bits per heavy atom. The van der Waals surface area contributed by atoms with Gasteiger partial charge in [-0.15, -0.1) is 0 Å². The number of aryl methyl sites for hydroxylation is 1. The van der Waals surface area contributed by atoms with E-state index in [4.69, 9.17) is 9.47 Å². The Labute approximate surface area is 110 Å². The molecule has 1 aromatic carbocycles. The van der Waals surface area contributed by atoms with Gasteiger partial charge in [0.15, 0.2) is 5.69 Å². The first-order valence-electron chi connectivity index (χ1n) is 5.55. The highest BCUT2D eigenvalue weighted by Crippen LogP contribution is 2.34. The molecule has 2 rings (SSSR count). The lowest BCUT2D eigenvalue weighted by Crippen LogP contribution is -2.05. The number of ether oxygens (including phenoxy) is 2. The van der Waals surface area contributed by atoms with Gasteiger partial charge in [0.2, 0.25) is 0 Å². The molecule has 1 aromatic heterocycles. The summed E-state index contributed by atoms with van der Waals surface area (Å²) in [5.74, 6) is 0.113. The molecule has 1 heterocycles. The molecule has 0 spiro atoms. The summed E-state index contributed by atoms with van der Waals surface area (Å²) >= 11 is 0. The minimum atomic E-state index is -1.03. The third-order valence-corrected chi connectivity index (χ3v) is 2.80. The second-order valence-electron chi connectivity index (χ2n) is 3.92. The molecule has 2 aromatic rings. The number of rotatable bonds is 4. The van der Waals surface area contributed by atoms with Crippen molar-refractivity contribution >= 4 is 5.97 Å². The first kappa shape index (κ1) is 12.9. The van der Waals surface area contributed by atoms with Crippen LogP contribution in [0.4, 0.5) is 0 Å². The van der Waals surface area contributed by atoms with Crippen LogP contribution in [-0.4, -0.2) is 34.8 Å². The largest absolute Gasteiger partial charge is 0.497 e. The van der Waals surface area contributed by atoms with E-state index in [1.165, 1.54) is 18.0 Å². The van der Waals surface area contributed by atoms with Gasteiger partial charge >= 0.3 is 5.97 Å². The normalized spacial score (nSPS) is 10.3. The Bertz CT molecular complexity index is 619. The summed E-state index contributed by atoms with van der Waals surface area (Å²) in [4.78, 5) is 15.4. The number of imidazole rings is 1. The Morgan fingerprint density at radius 3 is 2.63 bits per heavy atom. The zero-order valence-electron chi connectivity index (χ0n) is 10.9. The fourth-order valence-corrected chi connectivity index (χ4v) is 1.87. The quantitative estimate of drug-likeness (QED) is 0.909. The van der Waals surface area contributed by atoms with Crippen molar-refractivity contribution in [2.45, 2.75) is 0 Å². The van der Waals surface area contributed by atoms with Crippen LogP contribution in [0.3, 0.4) is 0 Å². The van der Waals surface area contributed by atoms with Crippen LogP contribution >= 0.6 is 0 Å². The highest BCUT2D eigenvalue weighted by atomic mass is 16.5. The second kappa shape index (κ2) is 5.01. The second-order valence-corrected chi connectivity index (χ2v) is 3.92. The minimum absolute atomic E-state index is 0.114. The summed E-state index contributed by atoms with van der Waals surface area (Å²) in [6, 6.07) is 5.15. The molecule has 0 bridgehead atoms. The van der Waals surface area contributed by atoms with E-state index in [2.05, 4.69) is 4.98 Å². The maximum absolute atomic E-state index is 11.3. The zero-order valence-corrected chi connectivity index (χ0v) is 10.9. The van der Waals surface area contributed by atoms with Gasteiger partial charge in [0.05, 0.1) is 20.5 Å². The molecule has 100 valence electrons. The molecular weight excluding hydrogens is 248 g/mol. The summed E-state index contributed by atoms with van der Waals surface area (Å²) in [7, 11) is 4.70. The molecule has 0 radical (unpaired) electrons. The molecule has 0 amide bonds. The van der Waals surface area contributed by atoms with Crippen molar-refractivity contribution in [2.24, 2.45) is 7.05 Å². The molecule has 0 unspecified atom stereocenters. The van der Waals surface area contributed by atoms with Gasteiger partial charge in [0.1, 0.15) is 17.2 Å². The van der Waals surface area contributed by atoms with Crippen molar-refractivity contribution in [2.75, 3.05) is 14.2 Å². The van der Waals surface area contributed by atoms with E-state index < -0.39 is 5.97 Å². The Balaban J connectivity index is 2.62. The number of hydrogen-bond acceptors (Lipinski definition) is 4. The van der Waals surface area contributed by atoms with E-state index in [-0.39, 0.29) is 5.69 Å². The predicted molar refractivity (Wildman–Crippen MR) is 68.7 cm³/mol. The minimum Gasteiger partial charge on any atom is -0.497 e. The van der Waals surface area contributed by atoms with Crippen molar-refractivity contribution in [3.05, 3.63) is 30.2 Å². The average molecular weight is 262 g/mol. The van der Waals surface area contributed by atoms with Crippen LogP contribution in [-0.2, 0) is 7.05 Å². The Hall–Kier alpha value is -2.50. The summed E-state index contributed by atoms with van der Waals surface area (Å²) in [6.45, 7) is 0. The van der Waals surface area contributed by atoms with E-state index in [0.717, 1.165) is 0 Å². The van der Waals surface area contributed by atoms with Crippen LogP contribution in [0.2, 0.25) is 0 Å². The van der Waals surface area contributed by atoms with Gasteiger partial charge in [-0.1, -0.05) is 0 Å². The highest BCUT2D eigenvalue weighted by Gasteiger charge is 2.20. The summed E-state index contributed by atoms with van der Waals surface area (Å²) in [6.07, 6.45) is 1.46. The van der Waals surface area contributed by atoms with E-state index >= 15 is 0 Å². The van der Waals surface area contributed by atoms with Crippen LogP contribution < -0.4 is 9.47 Å². The van der Waals surface area contributed by atoms with Crippen molar-refractivity contribution in [1.29, 1.82) is 0 Å². The Morgan fingerprint density at radius 2 is 2.05 bits per heavy atom. The number of aromatic carboxylic acids is 1. The van der Waals surface area contributed by atoms with E-state index in [9.17, 15) is 9.90 Å². The molecule has 1 N–H and O–H groups in total. The molecule has 0 atom stereocenters. The van der Waals surface area contributed by atoms with Crippen LogP contribution in [0.25, 0.3) is 11.3 Å². The fraction of sp³-hybridized carbons (Fsp3) is 0.231. The lowest BCUT2D eigenvalue weighted by atomic mass is 10.1. The number of aromatic nitrogens is 2. The fourth-order valence-electron chi connectivity index (χ4n) is 1.87. The molecule has 19 heavy (non-hydrogen) atoms. The molecule has 0 aliphatic rings. The van der Waals surface area contributed by atoms with Gasteiger partial charge in [-0.3, -0.25) is 0 Å². The number of carboxylic acid groups (broad SMARTS) is 1. The van der Waals surface area contributed by atoms with E-state index in [0.29, 0.717) is 22.8 Å². The number of carbonyl (C=O) groups is 1. The number of carboxylic acids is 1. The number of nitrogens with zero attached hydrogens (tertiary/aromatic N) is 2. The molecule has 0 aliphatic carbocycles. The maximum atomic E-state index is 11.3. The topological polar surface area (TPSA) is 73.6 Å². The average Bonchev–Trinajstić information content (AvgIpc) is 2.79. The van der Waals surface area contributed by atoms with E-state index in [1.807, 2.05) is 0 Å². The van der Waals surface area contributed by atoms with Crippen LogP contribution in [0.5, 0.6) is 11.5 Å². The van der Waals surface area contributed by atoms with Gasteiger partial charge in [-0.05, 0) is 12.1 Å². The zero-order chi connectivity index (χ0) is 14.0. The first-order chi connectivity index (χ1) is 9.08. The summed E-state index contributed by atoms with van der Waals surface area (Å²) in [5.41, 5.74) is 1.10. The molecule has 6 nitrogen and oxygen atoms in total. The van der Waals surface area contributed by atoms with Crippen molar-refractivity contribution in [3.8, 4) is 22.8 Å². The maximum Gasteiger partial charge on any atom is 0.354 e. The van der Waals surface area contributed by atoms with Crippen molar-refractivity contribution < 1.29 is 19.4 Å². The number of methoxy groups -OCH3 is 2. The van der Waals surface area contributed by atoms with Crippen LogP contribution in [0.1, 0.15) is 10.5 Å². The SMILES string of the molecule is COc1ccc(-c2ncn(C)c2C(=O)O)c(OC)c1. The molecule has 0 saturated carbocycles. The number of benzene rings is 1. The third kappa shape index (κ3) is 2.24. The predicted octanol–water partition coefficient (Wildman–Crippen LogP) is 1.80. The van der Waals surface area contributed by atoms with Gasteiger partial charge in [0.25, 0.3) is 0 Å². The molecule has 0 saturated heterocycles. The van der Waals surface area contributed by atoms with Gasteiger partial charge < -0.3 is 19.1 Å². The molecule has 0 aliphatic heterocycles. The molecular formula is C13H14N2O4. The first-order valence-corrected chi connectivity index (χ1v) is 5.55.